The lowest BCUT2D eigenvalue weighted by atomic mass is 9.92. The lowest BCUT2D eigenvalue weighted by molar-refractivity contribution is -0.118. The van der Waals surface area contributed by atoms with Crippen molar-refractivity contribution in [2.45, 2.75) is 38.5 Å². The molecule has 0 unspecified atom stereocenters. The molecule has 248 valence electrons. The van der Waals surface area contributed by atoms with Crippen molar-refractivity contribution in [3.8, 4) is 0 Å². The van der Waals surface area contributed by atoms with Crippen LogP contribution >= 0.6 is 7.26 Å². The van der Waals surface area contributed by atoms with Gasteiger partial charge in [-0.3, -0.25) is 19.3 Å². The van der Waals surface area contributed by atoms with Crippen LogP contribution < -0.4 is 26.1 Å². The molecule has 6 nitrogen and oxygen atoms in total. The molecule has 0 saturated carbocycles. The van der Waals surface area contributed by atoms with E-state index in [0.717, 1.165) is 55.2 Å². The Labute approximate surface area is 289 Å². The molecule has 1 fully saturated rings. The number of imide groups is 1. The van der Waals surface area contributed by atoms with Crippen molar-refractivity contribution < 1.29 is 14.4 Å². The van der Waals surface area contributed by atoms with Crippen molar-refractivity contribution in [3.63, 3.8) is 0 Å². The van der Waals surface area contributed by atoms with E-state index in [-0.39, 0.29) is 17.7 Å². The van der Waals surface area contributed by atoms with Crippen LogP contribution in [0.1, 0.15) is 59.2 Å². The van der Waals surface area contributed by atoms with Crippen LogP contribution in [0.25, 0.3) is 10.8 Å². The van der Waals surface area contributed by atoms with E-state index in [9.17, 15) is 14.4 Å². The topological polar surface area (TPSA) is 69.7 Å². The highest BCUT2D eigenvalue weighted by molar-refractivity contribution is 7.96. The van der Waals surface area contributed by atoms with E-state index in [1.165, 1.54) is 33.7 Å². The standard InChI is InChI=1S/C42H42N3O3P/c46-39(31-49(32-17-6-3-7-18-32,33-19-8-4-9-20-33)34-21-10-5-11-22-34)43-27-12-1-2-13-30-45-41(47)36-24-16-23-35-38(44-28-14-15-29-44)26-25-37(40(35)36)42(45)48/h3-11,16-26H,1-2,12-15,27-31H2/p+1. The number of rotatable bonds is 13. The molecular formula is C42H43N3O3P+. The minimum atomic E-state index is -2.23. The number of unbranched alkanes of at least 4 members (excludes halogenated alkanes) is 3. The third kappa shape index (κ3) is 6.50. The van der Waals surface area contributed by atoms with Gasteiger partial charge in [-0.1, -0.05) is 79.6 Å². The van der Waals surface area contributed by atoms with Gasteiger partial charge >= 0.3 is 0 Å². The number of amides is 3. The zero-order chi connectivity index (χ0) is 33.6. The first-order chi connectivity index (χ1) is 24.1. The summed E-state index contributed by atoms with van der Waals surface area (Å²) in [6.07, 6.45) is 6.07. The number of hydrogen-bond donors (Lipinski definition) is 1. The summed E-state index contributed by atoms with van der Waals surface area (Å²) in [7, 11) is -2.23. The van der Waals surface area contributed by atoms with Gasteiger partial charge in [0, 0.05) is 53.8 Å². The molecule has 0 radical (unpaired) electrons. The molecule has 1 saturated heterocycles. The number of benzene rings is 5. The molecule has 2 heterocycles. The van der Waals surface area contributed by atoms with Crippen LogP contribution in [-0.2, 0) is 4.79 Å². The third-order valence-corrected chi connectivity index (χ3v) is 14.3. The average molecular weight is 669 g/mol. The van der Waals surface area contributed by atoms with Crippen LogP contribution in [0, 0.1) is 0 Å². The number of carbonyl (C=O) groups excluding carboxylic acids is 3. The molecule has 2 aliphatic heterocycles. The molecule has 5 aromatic carbocycles. The lowest BCUT2D eigenvalue weighted by Crippen LogP contribution is -2.41. The first-order valence-electron chi connectivity index (χ1n) is 17.6. The van der Waals surface area contributed by atoms with Crippen LogP contribution in [0.4, 0.5) is 5.69 Å². The van der Waals surface area contributed by atoms with Crippen LogP contribution in [0.2, 0.25) is 0 Å². The van der Waals surface area contributed by atoms with E-state index < -0.39 is 7.26 Å². The number of hydrogen-bond acceptors (Lipinski definition) is 4. The van der Waals surface area contributed by atoms with Gasteiger partial charge in [-0.05, 0) is 80.3 Å². The Morgan fingerprint density at radius 3 is 1.76 bits per heavy atom. The summed E-state index contributed by atoms with van der Waals surface area (Å²) in [4.78, 5) is 44.6. The summed E-state index contributed by atoms with van der Waals surface area (Å²) >= 11 is 0. The minimum absolute atomic E-state index is 0.0510. The Balaban J connectivity index is 0.951. The smallest absolute Gasteiger partial charge is 0.261 e. The molecule has 3 amide bonds. The highest BCUT2D eigenvalue weighted by Gasteiger charge is 2.47. The molecule has 0 bridgehead atoms. The maximum Gasteiger partial charge on any atom is 0.261 e. The molecule has 0 aliphatic carbocycles. The summed E-state index contributed by atoms with van der Waals surface area (Å²) in [5.41, 5.74) is 2.36. The Morgan fingerprint density at radius 1 is 0.612 bits per heavy atom. The predicted octanol–water partition coefficient (Wildman–Crippen LogP) is 6.71. The monoisotopic (exact) mass is 668 g/mol. The van der Waals surface area contributed by atoms with Crippen LogP contribution in [0.5, 0.6) is 0 Å². The van der Waals surface area contributed by atoms with Crippen molar-refractivity contribution in [3.05, 3.63) is 132 Å². The first-order valence-corrected chi connectivity index (χ1v) is 19.5. The van der Waals surface area contributed by atoms with Gasteiger partial charge in [0.25, 0.3) is 17.7 Å². The van der Waals surface area contributed by atoms with Gasteiger partial charge in [0.1, 0.15) is 23.2 Å². The summed E-state index contributed by atoms with van der Waals surface area (Å²) in [5.74, 6) is -0.345. The number of nitrogens with zero attached hydrogens (tertiary/aromatic N) is 2. The molecule has 7 rings (SSSR count). The van der Waals surface area contributed by atoms with Gasteiger partial charge in [0.15, 0.2) is 6.16 Å². The van der Waals surface area contributed by atoms with Gasteiger partial charge in [-0.15, -0.1) is 0 Å². The summed E-state index contributed by atoms with van der Waals surface area (Å²) < 4.78 is 0. The van der Waals surface area contributed by atoms with Crippen molar-refractivity contribution in [1.29, 1.82) is 0 Å². The largest absolute Gasteiger partial charge is 0.371 e. The van der Waals surface area contributed by atoms with E-state index in [0.29, 0.717) is 30.4 Å². The zero-order valence-electron chi connectivity index (χ0n) is 27.9. The molecule has 0 atom stereocenters. The second-order valence-corrected chi connectivity index (χ2v) is 16.5. The third-order valence-electron chi connectivity index (χ3n) is 10.0. The Kier molecular flexibility index (Phi) is 9.86. The van der Waals surface area contributed by atoms with Gasteiger partial charge in [-0.2, -0.15) is 0 Å². The number of nitrogens with one attached hydrogen (secondary N) is 1. The Hall–Kier alpha value is -4.80. The Morgan fingerprint density at radius 2 is 1.16 bits per heavy atom. The highest BCUT2D eigenvalue weighted by atomic mass is 31.2. The fourth-order valence-corrected chi connectivity index (χ4v) is 11.6. The maximum absolute atomic E-state index is 13.7. The fraction of sp³-hybridized carbons (Fsp3) is 0.262. The zero-order valence-corrected chi connectivity index (χ0v) is 28.8. The maximum atomic E-state index is 13.7. The minimum Gasteiger partial charge on any atom is -0.371 e. The second kappa shape index (κ2) is 14.8. The molecule has 1 N–H and O–H groups in total. The SMILES string of the molecule is O=C(C[P+](c1ccccc1)(c1ccccc1)c1ccccc1)NCCCCCCN1C(=O)c2cccc3c(N4CCCC4)ccc(c23)C1=O. The first kappa shape index (κ1) is 32.7. The van der Waals surface area contributed by atoms with Crippen molar-refractivity contribution in [2.75, 3.05) is 37.2 Å². The number of carbonyl (C=O) groups is 3. The molecule has 0 aromatic heterocycles. The van der Waals surface area contributed by atoms with Gasteiger partial charge < -0.3 is 10.2 Å². The van der Waals surface area contributed by atoms with Gasteiger partial charge in [-0.25, -0.2) is 0 Å². The number of anilines is 1. The van der Waals surface area contributed by atoms with E-state index in [4.69, 9.17) is 0 Å². The normalized spacial score (nSPS) is 14.4. The van der Waals surface area contributed by atoms with Crippen LogP contribution in [-0.4, -0.2) is 55.0 Å². The Bertz CT molecular complexity index is 1820. The van der Waals surface area contributed by atoms with Crippen LogP contribution in [0.3, 0.4) is 0 Å². The average Bonchev–Trinajstić information content (AvgIpc) is 3.69. The van der Waals surface area contributed by atoms with Gasteiger partial charge in [0.05, 0.1) is 0 Å². The molecular weight excluding hydrogens is 625 g/mol. The van der Waals surface area contributed by atoms with Crippen molar-refractivity contribution >= 4 is 57.4 Å². The van der Waals surface area contributed by atoms with E-state index in [1.54, 1.807) is 0 Å². The second-order valence-electron chi connectivity index (χ2n) is 13.1. The highest BCUT2D eigenvalue weighted by Crippen LogP contribution is 2.55. The molecule has 49 heavy (non-hydrogen) atoms. The van der Waals surface area contributed by atoms with Crippen molar-refractivity contribution in [1.82, 2.24) is 10.2 Å². The lowest BCUT2D eigenvalue weighted by Gasteiger charge is -2.29. The summed E-state index contributed by atoms with van der Waals surface area (Å²) in [6, 6.07) is 41.2. The van der Waals surface area contributed by atoms with Gasteiger partial charge in [0.2, 0.25) is 0 Å². The van der Waals surface area contributed by atoms with E-state index in [1.807, 2.05) is 42.5 Å². The quantitative estimate of drug-likeness (QED) is 0.0861. The molecule has 2 aliphatic rings. The van der Waals surface area contributed by atoms with E-state index in [2.05, 4.69) is 89.1 Å². The predicted molar refractivity (Wildman–Crippen MR) is 202 cm³/mol. The summed E-state index contributed by atoms with van der Waals surface area (Å²) in [5, 5.41) is 8.58. The fourth-order valence-electron chi connectivity index (χ4n) is 7.58. The van der Waals surface area contributed by atoms with Crippen LogP contribution in [0.15, 0.2) is 121 Å². The molecule has 0 spiro atoms. The van der Waals surface area contributed by atoms with Crippen molar-refractivity contribution in [2.24, 2.45) is 0 Å². The molecule has 7 heteroatoms. The van der Waals surface area contributed by atoms with E-state index >= 15 is 0 Å². The summed E-state index contributed by atoms with van der Waals surface area (Å²) in [6.45, 7) is 3.00. The molecule has 5 aromatic rings.